The average Bonchev–Trinajstić information content (AvgIpc) is 3.03. The van der Waals surface area contributed by atoms with E-state index in [-0.39, 0.29) is 31.1 Å². The number of phenolic OH excluding ortho intramolecular Hbond substituents is 1. The second-order valence-electron chi connectivity index (χ2n) is 9.68. The van der Waals surface area contributed by atoms with Crippen LogP contribution in [0.2, 0.25) is 0 Å². The van der Waals surface area contributed by atoms with Crippen molar-refractivity contribution in [2.24, 2.45) is 0 Å². The number of carboxylic acids is 1. The van der Waals surface area contributed by atoms with Crippen molar-refractivity contribution in [1.82, 2.24) is 9.97 Å². The van der Waals surface area contributed by atoms with E-state index in [2.05, 4.69) is 15.3 Å². The van der Waals surface area contributed by atoms with Crippen LogP contribution in [0.3, 0.4) is 0 Å². The van der Waals surface area contributed by atoms with Crippen LogP contribution in [0.25, 0.3) is 10.9 Å². The van der Waals surface area contributed by atoms with Gasteiger partial charge in [-0.3, -0.25) is 0 Å². The third kappa shape index (κ3) is 6.83. The fourth-order valence-electron chi connectivity index (χ4n) is 4.71. The molecule has 3 aromatic carbocycles. The van der Waals surface area contributed by atoms with E-state index in [1.54, 1.807) is 12.1 Å². The lowest BCUT2D eigenvalue weighted by atomic mass is 9.95. The molecule has 0 radical (unpaired) electrons. The minimum absolute atomic E-state index is 0.0789. The summed E-state index contributed by atoms with van der Waals surface area (Å²) in [5.41, 5.74) is 3.47. The maximum atomic E-state index is 11.5. The van der Waals surface area contributed by atoms with E-state index in [1.807, 2.05) is 60.7 Å². The van der Waals surface area contributed by atoms with Crippen LogP contribution in [0.4, 0.5) is 5.82 Å². The van der Waals surface area contributed by atoms with Crippen LogP contribution in [0.15, 0.2) is 114 Å². The zero-order valence-corrected chi connectivity index (χ0v) is 23.7. The van der Waals surface area contributed by atoms with E-state index in [9.17, 15) is 15.0 Å². The highest BCUT2D eigenvalue weighted by Crippen LogP contribution is 2.41. The van der Waals surface area contributed by atoms with Crippen LogP contribution in [0.5, 0.6) is 11.5 Å². The van der Waals surface area contributed by atoms with Gasteiger partial charge in [-0.1, -0.05) is 60.7 Å². The number of carboxylic acid groups (broad SMARTS) is 1. The molecular weight excluding hydrogens is 550 g/mol. The molecule has 10 heteroatoms. The Kier molecular flexibility index (Phi) is 8.99. The van der Waals surface area contributed by atoms with Gasteiger partial charge in [0.15, 0.2) is 17.3 Å². The molecule has 1 aliphatic carbocycles. The van der Waals surface area contributed by atoms with Gasteiger partial charge in [0.1, 0.15) is 12.1 Å². The van der Waals surface area contributed by atoms with Gasteiger partial charge in [-0.25, -0.2) is 14.8 Å². The molecule has 0 saturated heterocycles. The summed E-state index contributed by atoms with van der Waals surface area (Å²) in [4.78, 5) is 20.2. The molecule has 43 heavy (non-hydrogen) atoms. The number of ether oxygens (including phenoxy) is 4. The third-order valence-corrected chi connectivity index (χ3v) is 6.88. The Labute approximate surface area is 248 Å². The number of benzene rings is 3. The van der Waals surface area contributed by atoms with E-state index in [0.29, 0.717) is 33.8 Å². The zero-order valence-electron chi connectivity index (χ0n) is 23.7. The topological polar surface area (TPSA) is 132 Å². The number of aromatic nitrogens is 2. The number of nitrogens with zero attached hydrogens (tertiary/aromatic N) is 2. The Morgan fingerprint density at radius 2 is 1.60 bits per heavy atom. The maximum Gasteiger partial charge on any atom is 0.328 e. The number of fused-ring (bicyclic) bond motifs is 1. The van der Waals surface area contributed by atoms with Gasteiger partial charge in [-0.15, -0.1) is 0 Å². The summed E-state index contributed by atoms with van der Waals surface area (Å²) in [5, 5.41) is 23.7. The first-order chi connectivity index (χ1) is 20.9. The van der Waals surface area contributed by atoms with Crippen LogP contribution in [-0.2, 0) is 32.2 Å². The quantitative estimate of drug-likeness (QED) is 0.141. The number of allylic oxidation sites excluding steroid dienone is 3. The first-order valence-electron chi connectivity index (χ1n) is 13.5. The maximum absolute atomic E-state index is 11.5. The van der Waals surface area contributed by atoms with Crippen molar-refractivity contribution in [2.75, 3.05) is 19.5 Å². The minimum Gasteiger partial charge on any atom is -0.504 e. The highest BCUT2D eigenvalue weighted by Gasteiger charge is 2.43. The van der Waals surface area contributed by atoms with Crippen molar-refractivity contribution < 1.29 is 34.0 Å². The highest BCUT2D eigenvalue weighted by atomic mass is 16.7. The van der Waals surface area contributed by atoms with Gasteiger partial charge >= 0.3 is 5.97 Å². The van der Waals surface area contributed by atoms with Crippen molar-refractivity contribution in [3.05, 3.63) is 126 Å². The summed E-state index contributed by atoms with van der Waals surface area (Å²) >= 11 is 0. The molecule has 0 aliphatic heterocycles. The van der Waals surface area contributed by atoms with Gasteiger partial charge in [0.2, 0.25) is 5.79 Å². The number of phenols is 1. The Bertz CT molecular complexity index is 1640. The Morgan fingerprint density at radius 1 is 0.953 bits per heavy atom. The number of nitrogens with one attached hydrogen (secondary N) is 1. The molecule has 4 aromatic rings. The van der Waals surface area contributed by atoms with E-state index in [4.69, 9.17) is 18.9 Å². The van der Waals surface area contributed by atoms with Crippen LogP contribution < -0.4 is 10.1 Å². The lowest BCUT2D eigenvalue weighted by Crippen LogP contribution is -2.42. The van der Waals surface area contributed by atoms with Gasteiger partial charge in [0.25, 0.3) is 0 Å². The fraction of sp³-hybridized carbons (Fsp3) is 0.182. The molecular formula is C33H31N3O7. The van der Waals surface area contributed by atoms with Crippen LogP contribution in [0, 0.1) is 0 Å². The van der Waals surface area contributed by atoms with E-state index < -0.39 is 11.8 Å². The number of aliphatic carboxylic acids is 1. The first kappa shape index (κ1) is 29.3. The molecule has 0 bridgehead atoms. The summed E-state index contributed by atoms with van der Waals surface area (Å²) in [6.07, 6.45) is 5.69. The third-order valence-electron chi connectivity index (χ3n) is 6.88. The number of rotatable bonds is 12. The van der Waals surface area contributed by atoms with Gasteiger partial charge in [0.05, 0.1) is 39.4 Å². The van der Waals surface area contributed by atoms with Gasteiger partial charge in [0, 0.05) is 23.2 Å². The summed E-state index contributed by atoms with van der Waals surface area (Å²) in [7, 11) is 2.97. The smallest absolute Gasteiger partial charge is 0.328 e. The molecule has 0 spiro atoms. The second-order valence-corrected chi connectivity index (χ2v) is 9.68. The first-order valence-corrected chi connectivity index (χ1v) is 13.5. The number of carbonyl (C=O) groups is 1. The molecule has 3 N–H and O–H groups in total. The van der Waals surface area contributed by atoms with Crippen LogP contribution in [-0.4, -0.2) is 46.2 Å². The molecule has 1 aromatic heterocycles. The van der Waals surface area contributed by atoms with Crippen LogP contribution >= 0.6 is 0 Å². The number of hydrogen-bond acceptors (Lipinski definition) is 9. The van der Waals surface area contributed by atoms with Crippen molar-refractivity contribution in [1.29, 1.82) is 0 Å². The van der Waals surface area contributed by atoms with Gasteiger partial charge in [-0.2, -0.15) is 0 Å². The lowest BCUT2D eigenvalue weighted by molar-refractivity contribution is -0.243. The van der Waals surface area contributed by atoms with E-state index >= 15 is 0 Å². The average molecular weight is 582 g/mol. The summed E-state index contributed by atoms with van der Waals surface area (Å²) in [6, 6.07) is 22.5. The predicted octanol–water partition coefficient (Wildman–Crippen LogP) is 5.71. The minimum atomic E-state index is -1.39. The Balaban J connectivity index is 1.58. The molecule has 10 nitrogen and oxygen atoms in total. The standard InChI is InChI=1S/C33H31N3O7/c1-40-29-17-26-25(16-28(29)37)32(35-21-34-26)36-27-18-33(42-19-22-9-5-3-6-10-22,43-20-23-11-7-4-8-12-23)30(41-2)15-24(27)13-14-31(38)39/h3-17,21,37H,18-20H2,1-2H3,(H,38,39)(H,34,35,36)/b14-13+. The summed E-state index contributed by atoms with van der Waals surface area (Å²) in [5.74, 6) is -1.56. The highest BCUT2D eigenvalue weighted by molar-refractivity contribution is 5.92. The van der Waals surface area contributed by atoms with Crippen molar-refractivity contribution in [3.63, 3.8) is 0 Å². The molecule has 0 amide bonds. The molecule has 0 atom stereocenters. The van der Waals surface area contributed by atoms with Crippen molar-refractivity contribution in [3.8, 4) is 11.5 Å². The fourth-order valence-corrected chi connectivity index (χ4v) is 4.71. The summed E-state index contributed by atoms with van der Waals surface area (Å²) in [6.45, 7) is 0.433. The Hall–Kier alpha value is -5.19. The van der Waals surface area contributed by atoms with Crippen LogP contribution in [0.1, 0.15) is 17.5 Å². The molecule has 0 fully saturated rings. The second kappa shape index (κ2) is 13.2. The molecule has 0 saturated carbocycles. The van der Waals surface area contributed by atoms with Crippen molar-refractivity contribution >= 4 is 22.7 Å². The largest absolute Gasteiger partial charge is 0.504 e. The van der Waals surface area contributed by atoms with E-state index in [1.165, 1.54) is 32.7 Å². The number of anilines is 1. The zero-order chi connectivity index (χ0) is 30.2. The normalized spacial score (nSPS) is 14.5. The SMILES string of the molecule is COC1=CC(/C=C/C(=O)O)=C(Nc2ncnc3cc(OC)c(O)cc23)CC1(OCc1ccccc1)OCc1ccccc1. The molecule has 5 rings (SSSR count). The number of hydrogen-bond donors (Lipinski definition) is 3. The molecule has 220 valence electrons. The molecule has 1 heterocycles. The van der Waals surface area contributed by atoms with Gasteiger partial charge < -0.3 is 34.5 Å². The molecule has 1 aliphatic rings. The number of aromatic hydroxyl groups is 1. The predicted molar refractivity (Wildman–Crippen MR) is 160 cm³/mol. The lowest BCUT2D eigenvalue weighted by Gasteiger charge is -2.38. The monoisotopic (exact) mass is 581 g/mol. The van der Waals surface area contributed by atoms with Gasteiger partial charge in [-0.05, 0) is 34.9 Å². The number of methoxy groups -OCH3 is 2. The Morgan fingerprint density at radius 3 is 2.19 bits per heavy atom. The van der Waals surface area contributed by atoms with Crippen molar-refractivity contribution in [2.45, 2.75) is 25.4 Å². The molecule has 0 unspecified atom stereocenters. The summed E-state index contributed by atoms with van der Waals surface area (Å²) < 4.78 is 24.1. The van der Waals surface area contributed by atoms with E-state index in [0.717, 1.165) is 17.2 Å².